The smallest absolute Gasteiger partial charge is 0.319 e. The Kier molecular flexibility index (Phi) is 8.21. The van der Waals surface area contributed by atoms with Gasteiger partial charge in [-0.25, -0.2) is 31.4 Å². The number of rotatable bonds is 7. The van der Waals surface area contributed by atoms with E-state index >= 15 is 0 Å². The van der Waals surface area contributed by atoms with Crippen molar-refractivity contribution in [1.82, 2.24) is 15.1 Å². The molecule has 4 N–H and O–H groups in total. The lowest BCUT2D eigenvalue weighted by Gasteiger charge is -2.30. The molecule has 1 aromatic heterocycles. The highest BCUT2D eigenvalue weighted by Crippen LogP contribution is 2.45. The van der Waals surface area contributed by atoms with Crippen molar-refractivity contribution in [3.63, 3.8) is 0 Å². The number of nitrogens with zero attached hydrogens (tertiary/aromatic N) is 1. The molecular weight excluding hydrogens is 516 g/mol. The van der Waals surface area contributed by atoms with Gasteiger partial charge in [-0.3, -0.25) is 10.0 Å². The van der Waals surface area contributed by atoms with Gasteiger partial charge in [0, 0.05) is 35.1 Å². The fourth-order valence-corrected chi connectivity index (χ4v) is 8.57. The summed E-state index contributed by atoms with van der Waals surface area (Å²) in [6, 6.07) is 9.99. The van der Waals surface area contributed by atoms with Gasteiger partial charge in [0.05, 0.1) is 18.4 Å². The minimum Gasteiger partial charge on any atom is -0.338 e. The number of hydrogen-bond acceptors (Lipinski definition) is 8. The topological polar surface area (TPSA) is 162 Å². The van der Waals surface area contributed by atoms with E-state index in [1.807, 2.05) is 0 Å². The van der Waals surface area contributed by atoms with Crippen LogP contribution in [0.4, 0.5) is 10.5 Å². The molecule has 3 amide bonds. The maximum Gasteiger partial charge on any atom is 0.319 e. The molecule has 1 aromatic carbocycles. The minimum atomic E-state index is -4.01. The summed E-state index contributed by atoms with van der Waals surface area (Å²) in [6.07, 6.45) is 0.314. The van der Waals surface area contributed by atoms with E-state index in [1.165, 1.54) is 5.48 Å². The molecule has 11 nitrogen and oxygen atoms in total. The van der Waals surface area contributed by atoms with Crippen LogP contribution < -0.4 is 16.1 Å². The number of amides is 3. The van der Waals surface area contributed by atoms with Crippen LogP contribution in [-0.4, -0.2) is 69.9 Å². The SMILES string of the molecule is CCNC(=O)Nc1cccc(-c2ccc([C@@]3(CC(=O)NO)CCN(S(C)(=O)=O)CCS3(=O)=O)s2)c1. The molecule has 0 spiro atoms. The van der Waals surface area contributed by atoms with Gasteiger partial charge in [-0.2, -0.15) is 0 Å². The van der Waals surface area contributed by atoms with Gasteiger partial charge in [0.1, 0.15) is 4.75 Å². The molecule has 0 radical (unpaired) electrons. The Balaban J connectivity index is 2.03. The molecule has 0 saturated carbocycles. The average molecular weight is 545 g/mol. The van der Waals surface area contributed by atoms with Crippen LogP contribution in [0.25, 0.3) is 10.4 Å². The second kappa shape index (κ2) is 10.6. The Hall–Kier alpha value is -2.52. The van der Waals surface area contributed by atoms with Crippen molar-refractivity contribution in [1.29, 1.82) is 0 Å². The van der Waals surface area contributed by atoms with E-state index in [2.05, 4.69) is 10.6 Å². The monoisotopic (exact) mass is 544 g/mol. The van der Waals surface area contributed by atoms with E-state index in [0.29, 0.717) is 22.0 Å². The highest BCUT2D eigenvalue weighted by molar-refractivity contribution is 7.92. The zero-order valence-electron chi connectivity index (χ0n) is 19.3. The van der Waals surface area contributed by atoms with E-state index in [-0.39, 0.29) is 25.5 Å². The molecule has 0 aliphatic carbocycles. The fraction of sp³-hybridized carbons (Fsp3) is 0.429. The van der Waals surface area contributed by atoms with E-state index in [9.17, 15) is 26.4 Å². The van der Waals surface area contributed by atoms with Gasteiger partial charge in [-0.1, -0.05) is 12.1 Å². The maximum atomic E-state index is 13.5. The Bertz CT molecular complexity index is 1310. The first-order valence-corrected chi connectivity index (χ1v) is 15.1. The molecule has 1 fully saturated rings. The van der Waals surface area contributed by atoms with Crippen molar-refractivity contribution in [3.05, 3.63) is 41.3 Å². The zero-order chi connectivity index (χ0) is 25.9. The first kappa shape index (κ1) is 27.1. The third-order valence-electron chi connectivity index (χ3n) is 5.81. The summed E-state index contributed by atoms with van der Waals surface area (Å²) in [7, 11) is -7.65. The molecular formula is C21H28N4O7S3. The number of sulfone groups is 1. The summed E-state index contributed by atoms with van der Waals surface area (Å²) in [4.78, 5) is 25.1. The lowest BCUT2D eigenvalue weighted by Crippen LogP contribution is -2.41. The number of thiophene rings is 1. The molecule has 1 atom stereocenters. The fourth-order valence-electron chi connectivity index (χ4n) is 4.01. The summed E-state index contributed by atoms with van der Waals surface area (Å²) in [5, 5.41) is 14.5. The van der Waals surface area contributed by atoms with Crippen molar-refractivity contribution in [2.45, 2.75) is 24.5 Å². The second-order valence-corrected chi connectivity index (χ2v) is 13.7. The van der Waals surface area contributed by atoms with E-state index in [1.54, 1.807) is 43.3 Å². The molecule has 2 aromatic rings. The lowest BCUT2D eigenvalue weighted by molar-refractivity contribution is -0.129. The molecule has 35 heavy (non-hydrogen) atoms. The molecule has 1 aliphatic rings. The van der Waals surface area contributed by atoms with Gasteiger partial charge in [0.15, 0.2) is 9.84 Å². The Labute approximate surface area is 208 Å². The number of urea groups is 1. The third kappa shape index (κ3) is 6.01. The number of benzene rings is 1. The summed E-state index contributed by atoms with van der Waals surface area (Å²) in [5.74, 6) is -1.35. The Morgan fingerprint density at radius 1 is 1.20 bits per heavy atom. The highest BCUT2D eigenvalue weighted by atomic mass is 32.2. The zero-order valence-corrected chi connectivity index (χ0v) is 21.7. The van der Waals surface area contributed by atoms with Crippen molar-refractivity contribution in [3.8, 4) is 10.4 Å². The van der Waals surface area contributed by atoms with Crippen LogP contribution in [0.1, 0.15) is 24.6 Å². The maximum absolute atomic E-state index is 13.5. The molecule has 2 heterocycles. The number of sulfonamides is 1. The lowest BCUT2D eigenvalue weighted by atomic mass is 9.97. The van der Waals surface area contributed by atoms with Crippen LogP contribution in [-0.2, 0) is 29.4 Å². The van der Waals surface area contributed by atoms with E-state index < -0.39 is 42.7 Å². The van der Waals surface area contributed by atoms with Crippen molar-refractivity contribution < 1.29 is 31.6 Å². The van der Waals surface area contributed by atoms with Gasteiger partial charge < -0.3 is 10.6 Å². The van der Waals surface area contributed by atoms with E-state index in [0.717, 1.165) is 27.5 Å². The molecule has 0 unspecified atom stereocenters. The van der Waals surface area contributed by atoms with Gasteiger partial charge >= 0.3 is 6.03 Å². The summed E-state index contributed by atoms with van der Waals surface area (Å²) < 4.78 is 50.6. The summed E-state index contributed by atoms with van der Waals surface area (Å²) >= 11 is 1.16. The predicted octanol–water partition coefficient (Wildman–Crippen LogP) is 1.73. The molecule has 14 heteroatoms. The van der Waals surface area contributed by atoms with Crippen LogP contribution >= 0.6 is 11.3 Å². The van der Waals surface area contributed by atoms with Gasteiger partial charge in [0.25, 0.3) is 0 Å². The van der Waals surface area contributed by atoms with Gasteiger partial charge in [-0.05, 0) is 43.2 Å². The largest absolute Gasteiger partial charge is 0.338 e. The van der Waals surface area contributed by atoms with E-state index in [4.69, 9.17) is 5.21 Å². The molecule has 1 saturated heterocycles. The first-order chi connectivity index (χ1) is 16.4. The predicted molar refractivity (Wildman–Crippen MR) is 133 cm³/mol. The molecule has 0 bridgehead atoms. The number of nitrogens with one attached hydrogen (secondary N) is 3. The number of hydrogen-bond donors (Lipinski definition) is 4. The number of anilines is 1. The van der Waals surface area contributed by atoms with Crippen molar-refractivity contribution in [2.75, 3.05) is 37.0 Å². The van der Waals surface area contributed by atoms with Crippen LogP contribution in [0.2, 0.25) is 0 Å². The summed E-state index contributed by atoms with van der Waals surface area (Å²) in [5.41, 5.74) is 2.77. The van der Waals surface area contributed by atoms with Gasteiger partial charge in [-0.15, -0.1) is 11.3 Å². The normalized spacial score (nSPS) is 20.5. The number of carbonyl (C=O) groups is 2. The average Bonchev–Trinajstić information content (AvgIpc) is 3.23. The van der Waals surface area contributed by atoms with Crippen molar-refractivity contribution >= 4 is 48.8 Å². The van der Waals surface area contributed by atoms with Crippen LogP contribution in [0.5, 0.6) is 0 Å². The molecule has 1 aliphatic heterocycles. The Morgan fingerprint density at radius 3 is 2.60 bits per heavy atom. The number of carbonyl (C=O) groups excluding carboxylic acids is 2. The van der Waals surface area contributed by atoms with Crippen LogP contribution in [0.15, 0.2) is 36.4 Å². The first-order valence-electron chi connectivity index (χ1n) is 10.8. The minimum absolute atomic E-state index is 0.0874. The molecule has 192 valence electrons. The quantitative estimate of drug-likeness (QED) is 0.305. The van der Waals surface area contributed by atoms with Crippen LogP contribution in [0, 0.1) is 0 Å². The summed E-state index contributed by atoms with van der Waals surface area (Å²) in [6.45, 7) is 1.96. The number of hydroxylamine groups is 1. The Morgan fingerprint density at radius 2 is 1.94 bits per heavy atom. The van der Waals surface area contributed by atoms with Gasteiger partial charge in [0.2, 0.25) is 15.9 Å². The van der Waals surface area contributed by atoms with Crippen LogP contribution in [0.3, 0.4) is 0 Å². The highest BCUT2D eigenvalue weighted by Gasteiger charge is 2.50. The van der Waals surface area contributed by atoms with Crippen molar-refractivity contribution in [2.24, 2.45) is 0 Å². The molecule has 3 rings (SSSR count). The third-order valence-corrected chi connectivity index (χ3v) is 11.1. The second-order valence-electron chi connectivity index (χ2n) is 8.17. The standard InChI is InChI=1S/C21H28N4O7S3/c1-3-22-20(27)23-16-6-4-5-15(13-16)17-7-8-18(33-17)21(14-19(26)24-28)9-10-25(34(2,29)30)11-12-35(21,31)32/h4-8,13,28H,3,9-12,14H2,1-2H3,(H,24,26)(H2,22,23,27)/t21-/m0/s1.